The Labute approximate surface area is 149 Å². The summed E-state index contributed by atoms with van der Waals surface area (Å²) in [5.74, 6) is 1.77. The monoisotopic (exact) mass is 358 g/mol. The van der Waals surface area contributed by atoms with Crippen LogP contribution in [-0.2, 0) is 4.79 Å². The van der Waals surface area contributed by atoms with Crippen molar-refractivity contribution in [1.29, 1.82) is 0 Å². The number of amides is 1. The van der Waals surface area contributed by atoms with Gasteiger partial charge in [-0.3, -0.25) is 10.1 Å². The Morgan fingerprint density at radius 1 is 1.12 bits per heavy atom. The zero-order chi connectivity index (χ0) is 17.6. The zero-order valence-electron chi connectivity index (χ0n) is 13.9. The summed E-state index contributed by atoms with van der Waals surface area (Å²) >= 11 is 1.40. The van der Waals surface area contributed by atoms with E-state index < -0.39 is 0 Å². The predicted molar refractivity (Wildman–Crippen MR) is 97.9 cm³/mol. The van der Waals surface area contributed by atoms with E-state index in [0.717, 1.165) is 16.0 Å². The Morgan fingerprint density at radius 3 is 2.60 bits per heavy atom. The molecule has 130 valence electrons. The number of anilines is 1. The maximum atomic E-state index is 12.1. The van der Waals surface area contributed by atoms with E-state index in [2.05, 4.69) is 10.3 Å². The minimum atomic E-state index is -0.271. The van der Waals surface area contributed by atoms with Crippen LogP contribution in [0.2, 0.25) is 0 Å². The standard InChI is InChI=1S/C18H18N2O4S/c1-3-23-14-5-4-6-15-17(14)20-18(25-15)19-16(21)11-24-13-9-7-12(22-2)8-10-13/h4-10H,3,11H2,1-2H3,(H,19,20,21). The van der Waals surface area contributed by atoms with Crippen molar-refractivity contribution in [3.8, 4) is 17.2 Å². The molecule has 1 N–H and O–H groups in total. The van der Waals surface area contributed by atoms with E-state index in [1.807, 2.05) is 25.1 Å². The molecule has 1 aromatic heterocycles. The molecule has 0 saturated carbocycles. The molecule has 1 heterocycles. The van der Waals surface area contributed by atoms with Crippen molar-refractivity contribution < 1.29 is 19.0 Å². The number of thiazole rings is 1. The van der Waals surface area contributed by atoms with Gasteiger partial charge in [0.2, 0.25) is 0 Å². The van der Waals surface area contributed by atoms with E-state index >= 15 is 0 Å². The molecule has 0 spiro atoms. The van der Waals surface area contributed by atoms with Crippen molar-refractivity contribution in [2.24, 2.45) is 0 Å². The SMILES string of the molecule is CCOc1cccc2sc(NC(=O)COc3ccc(OC)cc3)nc12. The first kappa shape index (κ1) is 17.0. The van der Waals surface area contributed by atoms with Gasteiger partial charge in [-0.2, -0.15) is 0 Å². The number of nitrogens with one attached hydrogen (secondary N) is 1. The van der Waals surface area contributed by atoms with Crippen molar-refractivity contribution in [3.63, 3.8) is 0 Å². The Morgan fingerprint density at radius 2 is 1.88 bits per heavy atom. The summed E-state index contributed by atoms with van der Waals surface area (Å²) in [4.78, 5) is 16.5. The molecule has 0 aliphatic heterocycles. The smallest absolute Gasteiger partial charge is 0.264 e. The van der Waals surface area contributed by atoms with Crippen molar-refractivity contribution >= 4 is 32.6 Å². The summed E-state index contributed by atoms with van der Waals surface area (Å²) in [7, 11) is 1.60. The number of para-hydroxylation sites is 1. The van der Waals surface area contributed by atoms with E-state index in [-0.39, 0.29) is 12.5 Å². The molecule has 0 unspecified atom stereocenters. The van der Waals surface area contributed by atoms with Crippen LogP contribution in [0.5, 0.6) is 17.2 Å². The maximum absolute atomic E-state index is 12.1. The highest BCUT2D eigenvalue weighted by Crippen LogP contribution is 2.32. The number of carbonyl (C=O) groups excluding carboxylic acids is 1. The first-order valence-electron chi connectivity index (χ1n) is 7.78. The van der Waals surface area contributed by atoms with Gasteiger partial charge in [0.1, 0.15) is 22.8 Å². The fraction of sp³-hybridized carbons (Fsp3) is 0.222. The fourth-order valence-electron chi connectivity index (χ4n) is 2.22. The second kappa shape index (κ2) is 7.85. The number of hydrogen-bond acceptors (Lipinski definition) is 6. The average molecular weight is 358 g/mol. The third kappa shape index (κ3) is 4.19. The van der Waals surface area contributed by atoms with E-state index in [9.17, 15) is 4.79 Å². The quantitative estimate of drug-likeness (QED) is 0.697. The van der Waals surface area contributed by atoms with Crippen molar-refractivity contribution in [2.75, 3.05) is 25.6 Å². The summed E-state index contributed by atoms with van der Waals surface area (Å²) in [5, 5.41) is 3.28. The predicted octanol–water partition coefficient (Wildman–Crippen LogP) is 3.72. The lowest BCUT2D eigenvalue weighted by atomic mass is 10.3. The molecule has 0 bridgehead atoms. The number of aromatic nitrogens is 1. The number of ether oxygens (including phenoxy) is 3. The van der Waals surface area contributed by atoms with Gasteiger partial charge in [0.15, 0.2) is 11.7 Å². The second-order valence-electron chi connectivity index (χ2n) is 5.07. The molecule has 0 radical (unpaired) electrons. The first-order chi connectivity index (χ1) is 12.2. The number of carbonyl (C=O) groups is 1. The van der Waals surface area contributed by atoms with Crippen molar-refractivity contribution in [2.45, 2.75) is 6.92 Å². The van der Waals surface area contributed by atoms with Gasteiger partial charge >= 0.3 is 0 Å². The highest BCUT2D eigenvalue weighted by Gasteiger charge is 2.11. The van der Waals surface area contributed by atoms with E-state index in [1.54, 1.807) is 31.4 Å². The van der Waals surface area contributed by atoms with Gasteiger partial charge in [-0.25, -0.2) is 4.98 Å². The number of hydrogen-bond donors (Lipinski definition) is 1. The lowest BCUT2D eigenvalue weighted by Gasteiger charge is -2.06. The first-order valence-corrected chi connectivity index (χ1v) is 8.60. The van der Waals surface area contributed by atoms with Crippen LogP contribution in [0.1, 0.15) is 6.92 Å². The lowest BCUT2D eigenvalue weighted by molar-refractivity contribution is -0.118. The van der Waals surface area contributed by atoms with Crippen LogP contribution in [0.25, 0.3) is 10.2 Å². The van der Waals surface area contributed by atoms with E-state index in [0.29, 0.717) is 23.2 Å². The third-order valence-corrected chi connectivity index (χ3v) is 4.29. The normalized spacial score (nSPS) is 10.5. The van der Waals surface area contributed by atoms with Gasteiger partial charge in [0.05, 0.1) is 18.4 Å². The van der Waals surface area contributed by atoms with Gasteiger partial charge < -0.3 is 14.2 Å². The van der Waals surface area contributed by atoms with E-state index in [1.165, 1.54) is 11.3 Å². The third-order valence-electron chi connectivity index (χ3n) is 3.36. The molecule has 6 nitrogen and oxygen atoms in total. The molecular weight excluding hydrogens is 340 g/mol. The maximum Gasteiger partial charge on any atom is 0.264 e. The minimum absolute atomic E-state index is 0.0967. The van der Waals surface area contributed by atoms with Gasteiger partial charge in [0.25, 0.3) is 5.91 Å². The molecule has 3 rings (SSSR count). The molecule has 0 fully saturated rings. The van der Waals surface area contributed by atoms with Crippen LogP contribution >= 0.6 is 11.3 Å². The van der Waals surface area contributed by atoms with Gasteiger partial charge in [-0.15, -0.1) is 0 Å². The molecule has 0 atom stereocenters. The van der Waals surface area contributed by atoms with Crippen LogP contribution in [0, 0.1) is 0 Å². The molecule has 2 aromatic carbocycles. The number of benzene rings is 2. The van der Waals surface area contributed by atoms with Crippen LogP contribution in [0.4, 0.5) is 5.13 Å². The van der Waals surface area contributed by atoms with Gasteiger partial charge in [-0.05, 0) is 43.3 Å². The van der Waals surface area contributed by atoms with Crippen LogP contribution < -0.4 is 19.5 Å². The van der Waals surface area contributed by atoms with Crippen LogP contribution in [0.3, 0.4) is 0 Å². The second-order valence-corrected chi connectivity index (χ2v) is 6.10. The average Bonchev–Trinajstić information content (AvgIpc) is 3.04. The molecule has 0 aliphatic carbocycles. The topological polar surface area (TPSA) is 69.7 Å². The highest BCUT2D eigenvalue weighted by molar-refractivity contribution is 7.22. The Bertz CT molecular complexity index is 861. The summed E-state index contributed by atoms with van der Waals surface area (Å²) in [6.07, 6.45) is 0. The minimum Gasteiger partial charge on any atom is -0.497 e. The summed E-state index contributed by atoms with van der Waals surface area (Å²) < 4.78 is 17.1. The van der Waals surface area contributed by atoms with Crippen LogP contribution in [-0.4, -0.2) is 31.2 Å². The van der Waals surface area contributed by atoms with Crippen molar-refractivity contribution in [3.05, 3.63) is 42.5 Å². The largest absolute Gasteiger partial charge is 0.497 e. The van der Waals surface area contributed by atoms with Crippen LogP contribution in [0.15, 0.2) is 42.5 Å². The summed E-state index contributed by atoms with van der Waals surface area (Å²) in [6.45, 7) is 2.39. The summed E-state index contributed by atoms with van der Waals surface area (Å²) in [6, 6.07) is 12.8. The zero-order valence-corrected chi connectivity index (χ0v) is 14.8. The number of methoxy groups -OCH3 is 1. The van der Waals surface area contributed by atoms with E-state index in [4.69, 9.17) is 14.2 Å². The lowest BCUT2D eigenvalue weighted by Crippen LogP contribution is -2.19. The molecule has 1 amide bonds. The highest BCUT2D eigenvalue weighted by atomic mass is 32.1. The molecular formula is C18H18N2O4S. The Hall–Kier alpha value is -2.80. The van der Waals surface area contributed by atoms with Gasteiger partial charge in [-0.1, -0.05) is 17.4 Å². The Balaban J connectivity index is 1.62. The fourth-order valence-corrected chi connectivity index (χ4v) is 3.12. The number of nitrogens with zero attached hydrogens (tertiary/aromatic N) is 1. The molecule has 0 saturated heterocycles. The number of fused-ring (bicyclic) bond motifs is 1. The van der Waals surface area contributed by atoms with Crippen molar-refractivity contribution in [1.82, 2.24) is 4.98 Å². The van der Waals surface area contributed by atoms with Gasteiger partial charge in [0, 0.05) is 0 Å². The molecule has 3 aromatic rings. The molecule has 0 aliphatic rings. The number of rotatable bonds is 7. The Kier molecular flexibility index (Phi) is 5.35. The molecule has 25 heavy (non-hydrogen) atoms. The summed E-state index contributed by atoms with van der Waals surface area (Å²) in [5.41, 5.74) is 0.751. The molecule has 7 heteroatoms.